The summed E-state index contributed by atoms with van der Waals surface area (Å²) in [7, 11) is 3.63. The number of amides is 1. The van der Waals surface area contributed by atoms with Crippen molar-refractivity contribution < 1.29 is 9.53 Å². The summed E-state index contributed by atoms with van der Waals surface area (Å²) in [5.41, 5.74) is 0. The van der Waals surface area contributed by atoms with Crippen molar-refractivity contribution in [3.05, 3.63) is 0 Å². The molecule has 0 spiro atoms. The van der Waals surface area contributed by atoms with Crippen molar-refractivity contribution in [3.63, 3.8) is 0 Å². The molecule has 1 rings (SSSR count). The van der Waals surface area contributed by atoms with Crippen molar-refractivity contribution >= 4 is 5.91 Å². The number of hydrogen-bond acceptors (Lipinski definition) is 4. The molecule has 1 amide bonds. The van der Waals surface area contributed by atoms with Gasteiger partial charge in [-0.2, -0.15) is 0 Å². The summed E-state index contributed by atoms with van der Waals surface area (Å²) in [6, 6.07) is 0.573. The molecule has 0 radical (unpaired) electrons. The van der Waals surface area contributed by atoms with E-state index in [9.17, 15) is 4.79 Å². The molecule has 0 aromatic rings. The molecule has 1 aliphatic heterocycles. The number of piperidine rings is 1. The standard InChI is InChI=1S/C15H31N3O2/c1-13(2)12-20-10-7-16-14-5-8-18(9-6-14)11-15(19)17(3)4/h13-14,16H,5-12H2,1-4H3. The van der Waals surface area contributed by atoms with Gasteiger partial charge in [0.05, 0.1) is 13.2 Å². The van der Waals surface area contributed by atoms with Gasteiger partial charge in [-0.05, 0) is 18.8 Å². The summed E-state index contributed by atoms with van der Waals surface area (Å²) in [5.74, 6) is 0.797. The molecule has 1 N–H and O–H groups in total. The van der Waals surface area contributed by atoms with E-state index in [0.717, 1.165) is 45.7 Å². The number of nitrogens with zero attached hydrogens (tertiary/aromatic N) is 2. The molecule has 0 atom stereocenters. The Hall–Kier alpha value is -0.650. The Morgan fingerprint density at radius 1 is 1.35 bits per heavy atom. The second-order valence-electron chi connectivity index (χ2n) is 6.26. The summed E-state index contributed by atoms with van der Waals surface area (Å²) in [6.07, 6.45) is 2.23. The smallest absolute Gasteiger partial charge is 0.236 e. The van der Waals surface area contributed by atoms with Crippen LogP contribution in [0.1, 0.15) is 26.7 Å². The van der Waals surface area contributed by atoms with Crippen LogP contribution in [0.2, 0.25) is 0 Å². The fourth-order valence-electron chi connectivity index (χ4n) is 2.28. The van der Waals surface area contributed by atoms with Crippen LogP contribution in [0.3, 0.4) is 0 Å². The molecule has 118 valence electrons. The fourth-order valence-corrected chi connectivity index (χ4v) is 2.28. The number of rotatable bonds is 8. The molecule has 0 aromatic heterocycles. The van der Waals surface area contributed by atoms with Crippen molar-refractivity contribution in [1.82, 2.24) is 15.1 Å². The molecule has 1 saturated heterocycles. The Morgan fingerprint density at radius 2 is 2.00 bits per heavy atom. The number of hydrogen-bond donors (Lipinski definition) is 1. The van der Waals surface area contributed by atoms with E-state index in [4.69, 9.17) is 4.74 Å². The van der Waals surface area contributed by atoms with Gasteiger partial charge in [0, 0.05) is 46.4 Å². The first-order chi connectivity index (χ1) is 9.49. The van der Waals surface area contributed by atoms with Gasteiger partial charge in [0.2, 0.25) is 5.91 Å². The van der Waals surface area contributed by atoms with E-state index in [0.29, 0.717) is 18.5 Å². The Balaban J connectivity index is 2.06. The Kier molecular flexibility index (Phi) is 8.11. The number of ether oxygens (including phenoxy) is 1. The van der Waals surface area contributed by atoms with Crippen molar-refractivity contribution in [3.8, 4) is 0 Å². The number of carbonyl (C=O) groups excluding carboxylic acids is 1. The molecule has 0 saturated carbocycles. The monoisotopic (exact) mass is 285 g/mol. The highest BCUT2D eigenvalue weighted by Gasteiger charge is 2.20. The average Bonchev–Trinajstić information content (AvgIpc) is 2.39. The van der Waals surface area contributed by atoms with Crippen LogP contribution in [0, 0.1) is 5.92 Å². The van der Waals surface area contributed by atoms with Crippen molar-refractivity contribution in [1.29, 1.82) is 0 Å². The van der Waals surface area contributed by atoms with Gasteiger partial charge in [0.15, 0.2) is 0 Å². The minimum absolute atomic E-state index is 0.193. The maximum absolute atomic E-state index is 11.6. The molecule has 1 fully saturated rings. The summed E-state index contributed by atoms with van der Waals surface area (Å²) in [4.78, 5) is 15.6. The highest BCUT2D eigenvalue weighted by molar-refractivity contribution is 5.77. The van der Waals surface area contributed by atoms with Crippen LogP contribution in [-0.2, 0) is 9.53 Å². The lowest BCUT2D eigenvalue weighted by molar-refractivity contribution is -0.130. The van der Waals surface area contributed by atoms with Gasteiger partial charge in [-0.25, -0.2) is 0 Å². The maximum atomic E-state index is 11.6. The molecule has 0 unspecified atom stereocenters. The van der Waals surface area contributed by atoms with E-state index in [-0.39, 0.29) is 5.91 Å². The zero-order chi connectivity index (χ0) is 15.0. The number of likely N-dealkylation sites (tertiary alicyclic amines) is 1. The van der Waals surface area contributed by atoms with E-state index in [1.165, 1.54) is 0 Å². The van der Waals surface area contributed by atoms with Gasteiger partial charge < -0.3 is 15.0 Å². The van der Waals surface area contributed by atoms with Gasteiger partial charge in [-0.3, -0.25) is 9.69 Å². The highest BCUT2D eigenvalue weighted by atomic mass is 16.5. The molecule has 1 heterocycles. The zero-order valence-corrected chi connectivity index (χ0v) is 13.5. The van der Waals surface area contributed by atoms with E-state index in [1.807, 2.05) is 14.1 Å². The van der Waals surface area contributed by atoms with Crippen molar-refractivity contribution in [2.24, 2.45) is 5.92 Å². The molecular formula is C15H31N3O2. The number of nitrogens with one attached hydrogen (secondary N) is 1. The van der Waals surface area contributed by atoms with Crippen LogP contribution in [-0.4, -0.2) is 75.2 Å². The van der Waals surface area contributed by atoms with Gasteiger partial charge in [0.25, 0.3) is 0 Å². The summed E-state index contributed by atoms with van der Waals surface area (Å²) >= 11 is 0. The first kappa shape index (κ1) is 17.4. The minimum Gasteiger partial charge on any atom is -0.380 e. The number of carbonyl (C=O) groups is 1. The molecule has 0 aromatic carbocycles. The molecule has 5 nitrogen and oxygen atoms in total. The normalized spacial score (nSPS) is 17.6. The van der Waals surface area contributed by atoms with E-state index in [2.05, 4.69) is 24.1 Å². The van der Waals surface area contributed by atoms with E-state index in [1.54, 1.807) is 4.90 Å². The van der Waals surface area contributed by atoms with Gasteiger partial charge >= 0.3 is 0 Å². The van der Waals surface area contributed by atoms with E-state index < -0.39 is 0 Å². The summed E-state index contributed by atoms with van der Waals surface area (Å²) < 4.78 is 5.56. The Morgan fingerprint density at radius 3 is 2.55 bits per heavy atom. The van der Waals surface area contributed by atoms with Gasteiger partial charge in [0.1, 0.15) is 0 Å². The third-order valence-corrected chi connectivity index (χ3v) is 3.58. The minimum atomic E-state index is 0.193. The first-order valence-electron chi connectivity index (χ1n) is 7.72. The Bertz CT molecular complexity index is 274. The molecular weight excluding hydrogens is 254 g/mol. The quantitative estimate of drug-likeness (QED) is 0.670. The largest absolute Gasteiger partial charge is 0.380 e. The molecule has 20 heavy (non-hydrogen) atoms. The van der Waals surface area contributed by atoms with Crippen LogP contribution < -0.4 is 5.32 Å². The lowest BCUT2D eigenvalue weighted by atomic mass is 10.1. The Labute approximate surface area is 123 Å². The average molecular weight is 285 g/mol. The molecule has 5 heteroatoms. The predicted octanol–water partition coefficient (Wildman–Crippen LogP) is 0.801. The predicted molar refractivity (Wildman–Crippen MR) is 81.8 cm³/mol. The third-order valence-electron chi connectivity index (χ3n) is 3.58. The van der Waals surface area contributed by atoms with Gasteiger partial charge in [-0.15, -0.1) is 0 Å². The first-order valence-corrected chi connectivity index (χ1v) is 7.72. The highest BCUT2D eigenvalue weighted by Crippen LogP contribution is 2.10. The third kappa shape index (κ3) is 7.22. The summed E-state index contributed by atoms with van der Waals surface area (Å²) in [6.45, 7) is 9.44. The molecule has 0 bridgehead atoms. The number of likely N-dealkylation sites (N-methyl/N-ethyl adjacent to an activating group) is 1. The SMILES string of the molecule is CC(C)COCCNC1CCN(CC(=O)N(C)C)CC1. The topological polar surface area (TPSA) is 44.8 Å². The lowest BCUT2D eigenvalue weighted by Crippen LogP contribution is -2.46. The zero-order valence-electron chi connectivity index (χ0n) is 13.5. The second kappa shape index (κ2) is 9.32. The maximum Gasteiger partial charge on any atom is 0.236 e. The van der Waals surface area contributed by atoms with Gasteiger partial charge in [-0.1, -0.05) is 13.8 Å². The van der Waals surface area contributed by atoms with Crippen LogP contribution in [0.5, 0.6) is 0 Å². The fraction of sp³-hybridized carbons (Fsp3) is 0.933. The van der Waals surface area contributed by atoms with Crippen LogP contribution in [0.25, 0.3) is 0 Å². The summed E-state index contributed by atoms with van der Waals surface area (Å²) in [5, 5.41) is 3.54. The van der Waals surface area contributed by atoms with Crippen LogP contribution >= 0.6 is 0 Å². The van der Waals surface area contributed by atoms with Crippen LogP contribution in [0.4, 0.5) is 0 Å². The lowest BCUT2D eigenvalue weighted by Gasteiger charge is -2.32. The van der Waals surface area contributed by atoms with Crippen molar-refractivity contribution in [2.75, 3.05) is 53.5 Å². The second-order valence-corrected chi connectivity index (χ2v) is 6.26. The molecule has 0 aliphatic carbocycles. The van der Waals surface area contributed by atoms with E-state index >= 15 is 0 Å². The molecule has 1 aliphatic rings. The van der Waals surface area contributed by atoms with Crippen molar-refractivity contribution in [2.45, 2.75) is 32.7 Å². The van der Waals surface area contributed by atoms with Crippen LogP contribution in [0.15, 0.2) is 0 Å².